The maximum Gasteiger partial charge on any atom is 0.223 e. The van der Waals surface area contributed by atoms with E-state index in [1.165, 1.54) is 19.3 Å². The number of H-pyrrole nitrogens is 1. The van der Waals surface area contributed by atoms with Crippen molar-refractivity contribution in [3.05, 3.63) is 30.1 Å². The second kappa shape index (κ2) is 8.39. The van der Waals surface area contributed by atoms with E-state index in [0.717, 1.165) is 29.7 Å². The summed E-state index contributed by atoms with van der Waals surface area (Å²) in [6, 6.07) is 8.23. The second-order valence-corrected chi connectivity index (χ2v) is 7.12. The number of nitrogens with one attached hydrogen (secondary N) is 2. The molecular formula is C18H26Cl2N4O. The van der Waals surface area contributed by atoms with Gasteiger partial charge in [0.05, 0.1) is 17.6 Å². The number of hydrogen-bond donors (Lipinski definition) is 3. The maximum atomic E-state index is 12.5. The van der Waals surface area contributed by atoms with Gasteiger partial charge in [0.1, 0.15) is 5.82 Å². The highest BCUT2D eigenvalue weighted by molar-refractivity contribution is 5.85. The number of imidazole rings is 1. The fraction of sp³-hybridized carbons (Fsp3) is 0.556. The van der Waals surface area contributed by atoms with Crippen LogP contribution >= 0.6 is 24.8 Å². The molecule has 138 valence electrons. The lowest BCUT2D eigenvalue weighted by molar-refractivity contribution is -0.128. The van der Waals surface area contributed by atoms with Gasteiger partial charge in [-0.2, -0.15) is 0 Å². The van der Waals surface area contributed by atoms with Crippen molar-refractivity contribution in [2.75, 3.05) is 0 Å². The Kier molecular flexibility index (Phi) is 6.72. The first-order valence-corrected chi connectivity index (χ1v) is 8.67. The first kappa shape index (κ1) is 20.0. The Hall–Kier alpha value is -1.30. The molecule has 7 heteroatoms. The molecule has 1 aromatic heterocycles. The lowest BCUT2D eigenvalue weighted by Gasteiger charge is -2.43. The summed E-state index contributed by atoms with van der Waals surface area (Å²) >= 11 is 0. The quantitative estimate of drug-likeness (QED) is 0.759. The van der Waals surface area contributed by atoms with Crippen molar-refractivity contribution in [2.45, 2.75) is 44.7 Å². The Morgan fingerprint density at radius 1 is 1.20 bits per heavy atom. The minimum atomic E-state index is 0. The van der Waals surface area contributed by atoms with Crippen LogP contribution in [0, 0.1) is 17.8 Å². The average molecular weight is 385 g/mol. The van der Waals surface area contributed by atoms with E-state index in [1.807, 2.05) is 24.3 Å². The molecule has 0 radical (unpaired) electrons. The molecule has 1 aromatic carbocycles. The molecule has 2 atom stereocenters. The molecule has 2 aromatic rings. The number of carbonyl (C=O) groups excluding carboxylic acids is 1. The van der Waals surface area contributed by atoms with Crippen LogP contribution in [0.1, 0.15) is 37.9 Å². The highest BCUT2D eigenvalue weighted by atomic mass is 35.5. The number of rotatable bonds is 3. The number of benzene rings is 1. The van der Waals surface area contributed by atoms with Crippen LogP contribution in [-0.4, -0.2) is 21.9 Å². The van der Waals surface area contributed by atoms with Crippen LogP contribution in [0.3, 0.4) is 0 Å². The summed E-state index contributed by atoms with van der Waals surface area (Å²) in [6.07, 6.45) is 5.54. The smallest absolute Gasteiger partial charge is 0.223 e. The molecule has 1 amide bonds. The molecule has 0 spiro atoms. The lowest BCUT2D eigenvalue weighted by Crippen LogP contribution is -2.49. The van der Waals surface area contributed by atoms with Gasteiger partial charge in [-0.3, -0.25) is 4.79 Å². The molecule has 2 saturated carbocycles. The zero-order chi connectivity index (χ0) is 15.8. The molecular weight excluding hydrogens is 359 g/mol. The number of para-hydroxylation sites is 2. The highest BCUT2D eigenvalue weighted by Crippen LogP contribution is 2.41. The first-order chi connectivity index (χ1) is 11.2. The van der Waals surface area contributed by atoms with Gasteiger partial charge in [-0.15, -0.1) is 24.8 Å². The number of halogens is 2. The van der Waals surface area contributed by atoms with Gasteiger partial charge >= 0.3 is 0 Å². The van der Waals surface area contributed by atoms with Gasteiger partial charge in [0, 0.05) is 12.0 Å². The Balaban J connectivity index is 0.00000113. The van der Waals surface area contributed by atoms with E-state index in [1.54, 1.807) is 0 Å². The summed E-state index contributed by atoms with van der Waals surface area (Å²) in [5, 5.41) is 3.06. The summed E-state index contributed by atoms with van der Waals surface area (Å²) in [4.78, 5) is 20.3. The predicted molar refractivity (Wildman–Crippen MR) is 104 cm³/mol. The van der Waals surface area contributed by atoms with Crippen molar-refractivity contribution in [1.29, 1.82) is 0 Å². The van der Waals surface area contributed by atoms with Crippen LogP contribution in [0.4, 0.5) is 0 Å². The Morgan fingerprint density at radius 3 is 2.56 bits per heavy atom. The molecule has 2 aliphatic carbocycles. The topological polar surface area (TPSA) is 83.8 Å². The van der Waals surface area contributed by atoms with Gasteiger partial charge in [-0.05, 0) is 49.7 Å². The van der Waals surface area contributed by atoms with Gasteiger partial charge in [0.15, 0.2) is 0 Å². The number of amides is 1. The molecule has 2 bridgehead atoms. The van der Waals surface area contributed by atoms with E-state index in [4.69, 9.17) is 5.73 Å². The monoisotopic (exact) mass is 384 g/mol. The van der Waals surface area contributed by atoms with Gasteiger partial charge < -0.3 is 16.0 Å². The Labute approximate surface area is 160 Å². The van der Waals surface area contributed by atoms with Crippen molar-refractivity contribution in [3.8, 4) is 0 Å². The van der Waals surface area contributed by atoms with Crippen LogP contribution in [0.15, 0.2) is 24.3 Å². The fourth-order valence-corrected chi connectivity index (χ4v) is 4.41. The van der Waals surface area contributed by atoms with Crippen LogP contribution in [0.5, 0.6) is 0 Å². The van der Waals surface area contributed by atoms with Crippen molar-refractivity contribution < 1.29 is 4.79 Å². The normalized spacial score (nSPS) is 27.9. The van der Waals surface area contributed by atoms with E-state index in [2.05, 4.69) is 15.3 Å². The van der Waals surface area contributed by atoms with Gasteiger partial charge in [0.25, 0.3) is 0 Å². The number of nitrogens with two attached hydrogens (primary N) is 1. The van der Waals surface area contributed by atoms with Crippen molar-refractivity contribution >= 4 is 41.8 Å². The Morgan fingerprint density at radius 2 is 1.88 bits per heavy atom. The molecule has 5 nitrogen and oxygen atoms in total. The molecule has 0 aliphatic heterocycles. The standard InChI is InChI=1S/C18H24N4O.2ClH/c19-17-11-4-3-5-12(17)9-13(8-11)18(23)20-10-16-21-14-6-1-2-7-15(14)22-16;;/h1-2,6-7,11-13,17H,3-5,8-10,19H2,(H,20,23)(H,21,22);2*1H. The summed E-state index contributed by atoms with van der Waals surface area (Å²) in [5.74, 6) is 2.16. The van der Waals surface area contributed by atoms with E-state index in [0.29, 0.717) is 24.4 Å². The SMILES string of the molecule is Cl.Cl.NC1C2CCCC1CC(C(=O)NCc1nc3ccccc3[nH]1)C2. The van der Waals surface area contributed by atoms with Gasteiger partial charge in [-0.1, -0.05) is 18.6 Å². The Bertz CT molecular complexity index is 673. The van der Waals surface area contributed by atoms with E-state index in [9.17, 15) is 4.79 Å². The van der Waals surface area contributed by atoms with Gasteiger partial charge in [-0.25, -0.2) is 4.98 Å². The molecule has 4 N–H and O–H groups in total. The number of fused-ring (bicyclic) bond motifs is 3. The molecule has 2 unspecified atom stereocenters. The minimum Gasteiger partial charge on any atom is -0.349 e. The number of aromatic nitrogens is 2. The van der Waals surface area contributed by atoms with Gasteiger partial charge in [0.2, 0.25) is 5.91 Å². The largest absolute Gasteiger partial charge is 0.349 e. The summed E-state index contributed by atoms with van der Waals surface area (Å²) in [5.41, 5.74) is 8.26. The van der Waals surface area contributed by atoms with Crippen molar-refractivity contribution in [1.82, 2.24) is 15.3 Å². The molecule has 2 aliphatic rings. The third-order valence-corrected chi connectivity index (χ3v) is 5.65. The number of aromatic amines is 1. The molecule has 2 fully saturated rings. The van der Waals surface area contributed by atoms with E-state index >= 15 is 0 Å². The maximum absolute atomic E-state index is 12.5. The zero-order valence-electron chi connectivity index (χ0n) is 14.1. The minimum absolute atomic E-state index is 0. The third-order valence-electron chi connectivity index (χ3n) is 5.65. The average Bonchev–Trinajstić information content (AvgIpc) is 2.95. The second-order valence-electron chi connectivity index (χ2n) is 7.12. The molecule has 4 rings (SSSR count). The van der Waals surface area contributed by atoms with Crippen LogP contribution < -0.4 is 11.1 Å². The summed E-state index contributed by atoms with van der Waals surface area (Å²) in [6.45, 7) is 0.464. The molecule has 1 heterocycles. The zero-order valence-corrected chi connectivity index (χ0v) is 15.7. The van der Waals surface area contributed by atoms with E-state index in [-0.39, 0.29) is 36.6 Å². The number of nitrogens with zero attached hydrogens (tertiary/aromatic N) is 1. The number of carbonyl (C=O) groups is 1. The lowest BCUT2D eigenvalue weighted by atomic mass is 9.65. The van der Waals surface area contributed by atoms with Crippen molar-refractivity contribution in [3.63, 3.8) is 0 Å². The first-order valence-electron chi connectivity index (χ1n) is 8.67. The fourth-order valence-electron chi connectivity index (χ4n) is 4.41. The predicted octanol–water partition coefficient (Wildman–Crippen LogP) is 3.18. The highest BCUT2D eigenvalue weighted by Gasteiger charge is 2.40. The van der Waals surface area contributed by atoms with Crippen LogP contribution in [-0.2, 0) is 11.3 Å². The summed E-state index contributed by atoms with van der Waals surface area (Å²) in [7, 11) is 0. The van der Waals surface area contributed by atoms with E-state index < -0.39 is 0 Å². The third kappa shape index (κ3) is 4.10. The summed E-state index contributed by atoms with van der Waals surface area (Å²) < 4.78 is 0. The number of hydrogen-bond acceptors (Lipinski definition) is 3. The van der Waals surface area contributed by atoms with Crippen molar-refractivity contribution in [2.24, 2.45) is 23.5 Å². The molecule has 0 saturated heterocycles. The van der Waals surface area contributed by atoms with Crippen LogP contribution in [0.2, 0.25) is 0 Å². The van der Waals surface area contributed by atoms with Crippen LogP contribution in [0.25, 0.3) is 11.0 Å². The molecule has 25 heavy (non-hydrogen) atoms.